The summed E-state index contributed by atoms with van der Waals surface area (Å²) >= 11 is 5.46. The highest BCUT2D eigenvalue weighted by atomic mass is 32.1. The highest BCUT2D eigenvalue weighted by Crippen LogP contribution is 2.20. The molecule has 3 aromatic rings. The number of hydrazone groups is 1. The highest BCUT2D eigenvalue weighted by Gasteiger charge is 2.31. The van der Waals surface area contributed by atoms with Crippen molar-refractivity contribution < 1.29 is 4.79 Å². The zero-order valence-electron chi connectivity index (χ0n) is 21.1. The lowest BCUT2D eigenvalue weighted by molar-refractivity contribution is -0.120. The minimum Gasteiger partial charge on any atom is -0.378 e. The van der Waals surface area contributed by atoms with Gasteiger partial charge in [0.25, 0.3) is 5.91 Å². The highest BCUT2D eigenvalue weighted by molar-refractivity contribution is 7.80. The van der Waals surface area contributed by atoms with Gasteiger partial charge in [-0.15, -0.1) is 10.2 Å². The number of nitrogens with zero attached hydrogens (tertiary/aromatic N) is 6. The van der Waals surface area contributed by atoms with Crippen LogP contribution in [0, 0.1) is 6.92 Å². The van der Waals surface area contributed by atoms with E-state index >= 15 is 0 Å². The van der Waals surface area contributed by atoms with Gasteiger partial charge in [-0.25, -0.2) is 9.89 Å². The summed E-state index contributed by atoms with van der Waals surface area (Å²) in [5.41, 5.74) is 7.83. The molecule has 0 aliphatic carbocycles. The van der Waals surface area contributed by atoms with Gasteiger partial charge in [0.05, 0.1) is 5.69 Å². The predicted octanol–water partition coefficient (Wildman–Crippen LogP) is 5.87. The average Bonchev–Trinajstić information content (AvgIpc) is 3.17. The van der Waals surface area contributed by atoms with Crippen molar-refractivity contribution in [1.82, 2.24) is 4.90 Å². The van der Waals surface area contributed by atoms with Gasteiger partial charge in [-0.1, -0.05) is 54.6 Å². The maximum atomic E-state index is 13.0. The number of benzene rings is 3. The number of rotatable bonds is 5. The number of aryl methyl sites for hydroxylation is 1. The molecule has 0 fully saturated rings. The number of hydrogen-bond acceptors (Lipinski definition) is 6. The van der Waals surface area contributed by atoms with Gasteiger partial charge in [-0.3, -0.25) is 10.2 Å². The molecular weight excluding hydrogens is 482 g/mol. The number of azo groups is 1. The standard InChI is InChI=1S/C28H27N7OS/c1-19-10-8-9-13-24(19)26(31-30-22-14-16-23(17-15-22)34(3)4)32-33-28(37)35-20(2)29-25(27(35)36)18-21-11-6-5-7-12-21/h5-18,30H,1-4H3/b25-18+,31-26+,33-32?. The molecule has 0 aromatic heterocycles. The molecule has 9 heteroatoms. The Morgan fingerprint density at radius 3 is 2.30 bits per heavy atom. The normalized spacial score (nSPS) is 14.9. The van der Waals surface area contributed by atoms with E-state index in [1.807, 2.05) is 105 Å². The Balaban J connectivity index is 1.57. The summed E-state index contributed by atoms with van der Waals surface area (Å²) in [5.74, 6) is 0.418. The van der Waals surface area contributed by atoms with Crippen molar-refractivity contribution in [2.45, 2.75) is 13.8 Å². The van der Waals surface area contributed by atoms with E-state index in [4.69, 9.17) is 12.2 Å². The van der Waals surface area contributed by atoms with Crippen LogP contribution in [0.15, 0.2) is 105 Å². The minimum atomic E-state index is -0.348. The van der Waals surface area contributed by atoms with Crippen LogP contribution in [-0.2, 0) is 4.79 Å². The van der Waals surface area contributed by atoms with Gasteiger partial charge < -0.3 is 4.90 Å². The zero-order chi connectivity index (χ0) is 26.4. The summed E-state index contributed by atoms with van der Waals surface area (Å²) in [4.78, 5) is 20.7. The van der Waals surface area contributed by atoms with Crippen molar-refractivity contribution in [3.05, 3.63) is 101 Å². The Bertz CT molecular complexity index is 1420. The molecule has 4 rings (SSSR count). The Labute approximate surface area is 221 Å². The summed E-state index contributed by atoms with van der Waals surface area (Å²) in [6, 6.07) is 25.1. The molecule has 0 radical (unpaired) electrons. The maximum Gasteiger partial charge on any atom is 0.284 e. The summed E-state index contributed by atoms with van der Waals surface area (Å²) in [5, 5.41) is 13.0. The molecule has 1 aliphatic rings. The smallest absolute Gasteiger partial charge is 0.284 e. The topological polar surface area (TPSA) is 85.0 Å². The third-order valence-corrected chi connectivity index (χ3v) is 5.88. The van der Waals surface area contributed by atoms with Crippen LogP contribution >= 0.6 is 12.2 Å². The third kappa shape index (κ3) is 6.20. The number of carbonyl (C=O) groups excluding carboxylic acids is 1. The van der Waals surface area contributed by atoms with Crippen LogP contribution in [0.25, 0.3) is 6.08 Å². The average molecular weight is 510 g/mol. The fourth-order valence-electron chi connectivity index (χ4n) is 3.61. The van der Waals surface area contributed by atoms with Gasteiger partial charge in [0.2, 0.25) is 10.9 Å². The fraction of sp³-hybridized carbons (Fsp3) is 0.143. The molecule has 3 aromatic carbocycles. The second-order valence-corrected chi connectivity index (χ2v) is 8.89. The number of aliphatic imine (C=N–C) groups is 1. The lowest BCUT2D eigenvalue weighted by Crippen LogP contribution is -2.34. The fourth-order valence-corrected chi connectivity index (χ4v) is 3.86. The molecule has 0 saturated heterocycles. The Morgan fingerprint density at radius 2 is 1.62 bits per heavy atom. The zero-order valence-corrected chi connectivity index (χ0v) is 21.9. The lowest BCUT2D eigenvalue weighted by atomic mass is 10.1. The summed E-state index contributed by atoms with van der Waals surface area (Å²) in [6.45, 7) is 3.67. The lowest BCUT2D eigenvalue weighted by Gasteiger charge is -2.13. The first-order valence-corrected chi connectivity index (χ1v) is 12.0. The first-order chi connectivity index (χ1) is 17.8. The monoisotopic (exact) mass is 509 g/mol. The van der Waals surface area contributed by atoms with E-state index in [9.17, 15) is 4.79 Å². The molecule has 1 amide bonds. The van der Waals surface area contributed by atoms with Gasteiger partial charge in [0.1, 0.15) is 11.5 Å². The van der Waals surface area contributed by atoms with Crippen molar-refractivity contribution in [2.75, 3.05) is 24.4 Å². The van der Waals surface area contributed by atoms with Crippen LogP contribution in [0.4, 0.5) is 11.4 Å². The number of carbonyl (C=O) groups is 1. The number of nitrogens with one attached hydrogen (secondary N) is 1. The molecule has 0 bridgehead atoms. The van der Waals surface area contributed by atoms with Gasteiger partial charge >= 0.3 is 0 Å². The van der Waals surface area contributed by atoms with Crippen LogP contribution in [-0.4, -0.2) is 41.7 Å². The largest absolute Gasteiger partial charge is 0.378 e. The molecule has 1 heterocycles. The Hall–Kier alpha value is -4.50. The number of amidine groups is 2. The molecule has 37 heavy (non-hydrogen) atoms. The van der Waals surface area contributed by atoms with Gasteiger partial charge in [-0.05, 0) is 67.5 Å². The van der Waals surface area contributed by atoms with Crippen molar-refractivity contribution in [3.8, 4) is 0 Å². The molecule has 1 aliphatic heterocycles. The van der Waals surface area contributed by atoms with E-state index in [-0.39, 0.29) is 16.7 Å². The van der Waals surface area contributed by atoms with Crippen molar-refractivity contribution in [1.29, 1.82) is 0 Å². The molecule has 0 spiro atoms. The molecule has 1 N–H and O–H groups in total. The van der Waals surface area contributed by atoms with E-state index in [0.717, 1.165) is 28.1 Å². The summed E-state index contributed by atoms with van der Waals surface area (Å²) in [6.07, 6.45) is 1.72. The maximum absolute atomic E-state index is 13.0. The number of anilines is 2. The minimum absolute atomic E-state index is 0.0145. The quantitative estimate of drug-likeness (QED) is 0.116. The van der Waals surface area contributed by atoms with E-state index in [2.05, 4.69) is 25.7 Å². The summed E-state index contributed by atoms with van der Waals surface area (Å²) in [7, 11) is 3.97. The Kier molecular flexibility index (Phi) is 7.95. The first-order valence-electron chi connectivity index (χ1n) is 11.6. The molecule has 0 unspecified atom stereocenters. The molecule has 186 valence electrons. The SMILES string of the molecule is CC1=N/C(=C/c2ccccc2)C(=O)N1C(=S)N=N/C(=N/Nc1ccc(N(C)C)cc1)c1ccccc1C. The number of thiocarbonyl (C=S) groups is 1. The van der Waals surface area contributed by atoms with Crippen LogP contribution < -0.4 is 10.3 Å². The third-order valence-electron chi connectivity index (χ3n) is 5.61. The van der Waals surface area contributed by atoms with Gasteiger partial charge in [0.15, 0.2) is 0 Å². The van der Waals surface area contributed by atoms with Crippen molar-refractivity contribution >= 4 is 52.4 Å². The van der Waals surface area contributed by atoms with Crippen molar-refractivity contribution in [2.24, 2.45) is 20.3 Å². The van der Waals surface area contributed by atoms with Crippen LogP contribution in [0.3, 0.4) is 0 Å². The predicted molar refractivity (Wildman–Crippen MR) is 154 cm³/mol. The summed E-state index contributed by atoms with van der Waals surface area (Å²) < 4.78 is 0. The second kappa shape index (κ2) is 11.5. The number of hydrogen-bond donors (Lipinski definition) is 1. The van der Waals surface area contributed by atoms with Crippen LogP contribution in [0.5, 0.6) is 0 Å². The molecule has 8 nitrogen and oxygen atoms in total. The van der Waals surface area contributed by atoms with Crippen LogP contribution in [0.2, 0.25) is 0 Å². The van der Waals surface area contributed by atoms with Gasteiger partial charge in [-0.2, -0.15) is 5.10 Å². The molecular formula is C28H27N7OS. The molecule has 0 atom stereocenters. The molecule has 0 saturated carbocycles. The van der Waals surface area contributed by atoms with Crippen molar-refractivity contribution in [3.63, 3.8) is 0 Å². The van der Waals surface area contributed by atoms with E-state index in [1.165, 1.54) is 4.90 Å². The van der Waals surface area contributed by atoms with E-state index in [1.54, 1.807) is 13.0 Å². The first kappa shape index (κ1) is 25.6. The van der Waals surface area contributed by atoms with E-state index in [0.29, 0.717) is 11.7 Å². The Morgan fingerprint density at radius 1 is 0.946 bits per heavy atom. The second-order valence-electron chi connectivity index (χ2n) is 8.53. The van der Waals surface area contributed by atoms with Gasteiger partial charge in [0, 0.05) is 25.3 Å². The van der Waals surface area contributed by atoms with E-state index < -0.39 is 0 Å². The number of amides is 1. The van der Waals surface area contributed by atoms with Crippen LogP contribution in [0.1, 0.15) is 23.6 Å².